The molecule has 1 aromatic heterocycles. The fourth-order valence-electron chi connectivity index (χ4n) is 3.68. The normalized spacial score (nSPS) is 20.7. The number of cyclic esters (lactones) is 1. The summed E-state index contributed by atoms with van der Waals surface area (Å²) in [5, 5.41) is 2.88. The first-order valence-corrected chi connectivity index (χ1v) is 10.9. The molecule has 0 spiro atoms. The van der Waals surface area contributed by atoms with E-state index < -0.39 is 18.3 Å². The summed E-state index contributed by atoms with van der Waals surface area (Å²) in [6.45, 7) is 8.01. The Balaban J connectivity index is 1.83. The molecule has 1 aromatic carbocycles. The smallest absolute Gasteiger partial charge is 0.325 e. The molecule has 1 aliphatic rings. The van der Waals surface area contributed by atoms with E-state index in [-0.39, 0.29) is 17.9 Å². The van der Waals surface area contributed by atoms with E-state index in [1.165, 1.54) is 0 Å². The van der Waals surface area contributed by atoms with Crippen LogP contribution in [0.4, 0.5) is 0 Å². The topological polar surface area (TPSA) is 68.7 Å². The third-order valence-electron chi connectivity index (χ3n) is 4.93. The van der Waals surface area contributed by atoms with Crippen LogP contribution in [-0.4, -0.2) is 46.7 Å². The Hall–Kier alpha value is -2.25. The summed E-state index contributed by atoms with van der Waals surface area (Å²) in [4.78, 5) is 31.8. The summed E-state index contributed by atoms with van der Waals surface area (Å²) in [5.41, 5.74) is 1.87. The van der Waals surface area contributed by atoms with Crippen molar-refractivity contribution in [1.29, 1.82) is 0 Å². The number of rotatable bonds is 8. The van der Waals surface area contributed by atoms with Crippen molar-refractivity contribution in [1.82, 2.24) is 9.88 Å². The van der Waals surface area contributed by atoms with Crippen LogP contribution in [0.5, 0.6) is 0 Å². The third-order valence-corrected chi connectivity index (χ3v) is 5.87. The number of ether oxygens (including phenoxy) is 2. The maximum Gasteiger partial charge on any atom is 0.325 e. The summed E-state index contributed by atoms with van der Waals surface area (Å²) < 4.78 is 10.8. The van der Waals surface area contributed by atoms with Crippen LogP contribution < -0.4 is 0 Å². The maximum atomic E-state index is 12.7. The fraction of sp³-hybridized carbons (Fsp3) is 0.500. The first-order valence-electron chi connectivity index (χ1n) is 10.0. The number of hydrogen-bond donors (Lipinski definition) is 0. The van der Waals surface area contributed by atoms with Gasteiger partial charge in [0, 0.05) is 17.4 Å². The molecule has 2 unspecified atom stereocenters. The summed E-state index contributed by atoms with van der Waals surface area (Å²) in [5.74, 6) is -0.346. The van der Waals surface area contributed by atoms with Gasteiger partial charge in [-0.1, -0.05) is 44.2 Å². The molecule has 6 nitrogen and oxygen atoms in total. The lowest BCUT2D eigenvalue weighted by Gasteiger charge is -2.32. The number of benzene rings is 1. The average Bonchev–Trinajstić information content (AvgIpc) is 3.26. The molecule has 1 aliphatic heterocycles. The van der Waals surface area contributed by atoms with Gasteiger partial charge in [0.25, 0.3) is 0 Å². The van der Waals surface area contributed by atoms with Crippen molar-refractivity contribution in [3.8, 4) is 10.6 Å². The van der Waals surface area contributed by atoms with Gasteiger partial charge in [-0.05, 0) is 26.2 Å². The first kappa shape index (κ1) is 21.5. The minimum absolute atomic E-state index is 0.275. The molecule has 2 aromatic rings. The molecule has 0 saturated carbocycles. The predicted molar refractivity (Wildman–Crippen MR) is 112 cm³/mol. The molecule has 7 heteroatoms. The number of thiazole rings is 1. The van der Waals surface area contributed by atoms with Gasteiger partial charge in [0.05, 0.1) is 12.3 Å². The van der Waals surface area contributed by atoms with Crippen molar-refractivity contribution in [2.24, 2.45) is 5.92 Å². The van der Waals surface area contributed by atoms with Gasteiger partial charge in [0.1, 0.15) is 17.1 Å². The molecule has 0 aliphatic carbocycles. The number of carbonyl (C=O) groups excluding carboxylic acids is 2. The Kier molecular flexibility index (Phi) is 7.03. The van der Waals surface area contributed by atoms with Crippen LogP contribution in [0.2, 0.25) is 0 Å². The highest BCUT2D eigenvalue weighted by molar-refractivity contribution is 7.13. The third kappa shape index (κ3) is 5.03. The van der Waals surface area contributed by atoms with Gasteiger partial charge in [-0.25, -0.2) is 9.88 Å². The molecule has 0 radical (unpaired) electrons. The number of hydrogen-bond acceptors (Lipinski definition) is 7. The molecule has 156 valence electrons. The predicted octanol–water partition coefficient (Wildman–Crippen LogP) is 3.90. The molecule has 29 heavy (non-hydrogen) atoms. The molecule has 0 amide bonds. The standard InChI is InChI=1S/C22H28N2O4S/c1-5-27-21(25)18(11-14(2)3)24-15(4)28-22(26)19(24)12-17-13-29-20(23-17)16-9-7-6-8-10-16/h6-10,13-15,18-19H,5,11-12H2,1-4H3/t15?,18-,19?/m0/s1. The fourth-order valence-corrected chi connectivity index (χ4v) is 4.52. The largest absolute Gasteiger partial charge is 0.465 e. The molecular weight excluding hydrogens is 388 g/mol. The number of nitrogens with zero attached hydrogens (tertiary/aromatic N) is 2. The quantitative estimate of drug-likeness (QED) is 0.608. The van der Waals surface area contributed by atoms with E-state index >= 15 is 0 Å². The van der Waals surface area contributed by atoms with Crippen LogP contribution >= 0.6 is 11.3 Å². The first-order chi connectivity index (χ1) is 13.9. The van der Waals surface area contributed by atoms with Gasteiger partial charge in [-0.2, -0.15) is 0 Å². The molecule has 2 heterocycles. The summed E-state index contributed by atoms with van der Waals surface area (Å²) >= 11 is 1.55. The van der Waals surface area contributed by atoms with E-state index in [2.05, 4.69) is 13.8 Å². The Labute approximate surface area is 175 Å². The zero-order valence-electron chi connectivity index (χ0n) is 17.3. The Morgan fingerprint density at radius 1 is 1.31 bits per heavy atom. The van der Waals surface area contributed by atoms with Crippen LogP contribution in [0.25, 0.3) is 10.6 Å². The molecule has 0 bridgehead atoms. The maximum absolute atomic E-state index is 12.7. The van der Waals surface area contributed by atoms with E-state index in [0.717, 1.165) is 16.3 Å². The van der Waals surface area contributed by atoms with Crippen molar-refractivity contribution in [2.45, 2.75) is 58.8 Å². The second-order valence-corrected chi connectivity index (χ2v) is 8.47. The van der Waals surface area contributed by atoms with Gasteiger partial charge >= 0.3 is 11.9 Å². The molecule has 0 N–H and O–H groups in total. The van der Waals surface area contributed by atoms with E-state index in [4.69, 9.17) is 14.5 Å². The zero-order chi connectivity index (χ0) is 21.0. The van der Waals surface area contributed by atoms with Crippen molar-refractivity contribution < 1.29 is 19.1 Å². The SMILES string of the molecule is CCOC(=O)[C@H](CC(C)C)N1C(C)OC(=O)C1Cc1csc(-c2ccccc2)n1. The molecule has 3 atom stereocenters. The van der Waals surface area contributed by atoms with Crippen molar-refractivity contribution in [3.05, 3.63) is 41.4 Å². The van der Waals surface area contributed by atoms with Crippen LogP contribution in [-0.2, 0) is 25.5 Å². The minimum Gasteiger partial charge on any atom is -0.465 e. The Morgan fingerprint density at radius 2 is 2.03 bits per heavy atom. The summed E-state index contributed by atoms with van der Waals surface area (Å²) in [7, 11) is 0. The van der Waals surface area contributed by atoms with E-state index in [0.29, 0.717) is 19.4 Å². The average molecular weight is 417 g/mol. The Morgan fingerprint density at radius 3 is 2.69 bits per heavy atom. The summed E-state index contributed by atoms with van der Waals surface area (Å²) in [6.07, 6.45) is 0.524. The lowest BCUT2D eigenvalue weighted by atomic mass is 9.99. The molecular formula is C22H28N2O4S. The second kappa shape index (κ2) is 9.50. The van der Waals surface area contributed by atoms with Crippen LogP contribution in [0, 0.1) is 5.92 Å². The monoisotopic (exact) mass is 416 g/mol. The van der Waals surface area contributed by atoms with Crippen LogP contribution in [0.15, 0.2) is 35.7 Å². The van der Waals surface area contributed by atoms with Gasteiger partial charge in [-0.15, -0.1) is 11.3 Å². The van der Waals surface area contributed by atoms with Crippen molar-refractivity contribution in [2.75, 3.05) is 6.61 Å². The van der Waals surface area contributed by atoms with Crippen molar-refractivity contribution >= 4 is 23.3 Å². The highest BCUT2D eigenvalue weighted by atomic mass is 32.1. The lowest BCUT2D eigenvalue weighted by molar-refractivity contribution is -0.153. The van der Waals surface area contributed by atoms with Crippen LogP contribution in [0.1, 0.15) is 39.8 Å². The minimum atomic E-state index is -0.552. The van der Waals surface area contributed by atoms with E-state index in [1.807, 2.05) is 40.6 Å². The number of carbonyl (C=O) groups is 2. The number of esters is 2. The lowest BCUT2D eigenvalue weighted by Crippen LogP contribution is -2.50. The molecule has 3 rings (SSSR count). The van der Waals surface area contributed by atoms with Gasteiger partial charge in [0.15, 0.2) is 6.23 Å². The van der Waals surface area contributed by atoms with E-state index in [1.54, 1.807) is 25.2 Å². The molecule has 1 fully saturated rings. The van der Waals surface area contributed by atoms with Gasteiger partial charge < -0.3 is 9.47 Å². The van der Waals surface area contributed by atoms with Gasteiger partial charge in [0.2, 0.25) is 0 Å². The highest BCUT2D eigenvalue weighted by Gasteiger charge is 2.46. The summed E-state index contributed by atoms with van der Waals surface area (Å²) in [6, 6.07) is 8.88. The van der Waals surface area contributed by atoms with Gasteiger partial charge in [-0.3, -0.25) is 9.59 Å². The van der Waals surface area contributed by atoms with Crippen molar-refractivity contribution in [3.63, 3.8) is 0 Å². The zero-order valence-corrected chi connectivity index (χ0v) is 18.1. The number of aromatic nitrogens is 1. The Bertz CT molecular complexity index is 836. The van der Waals surface area contributed by atoms with E-state index in [9.17, 15) is 9.59 Å². The van der Waals surface area contributed by atoms with Crippen LogP contribution in [0.3, 0.4) is 0 Å². The molecule has 1 saturated heterocycles. The highest BCUT2D eigenvalue weighted by Crippen LogP contribution is 2.30. The second-order valence-electron chi connectivity index (χ2n) is 7.61.